The van der Waals surface area contributed by atoms with Crippen molar-refractivity contribution in [3.05, 3.63) is 41.2 Å². The number of hydrogen-bond acceptors (Lipinski definition) is 5. The van der Waals surface area contributed by atoms with E-state index in [1.807, 2.05) is 0 Å². The fraction of sp³-hybridized carbons (Fsp3) is 0.720. The maximum atomic E-state index is 4.62. The summed E-state index contributed by atoms with van der Waals surface area (Å²) in [5, 5.41) is 13.3. The summed E-state index contributed by atoms with van der Waals surface area (Å²) in [6.45, 7) is 6.67. The Hall–Kier alpha value is -1.79. The van der Waals surface area contributed by atoms with Gasteiger partial charge in [-0.25, -0.2) is 4.68 Å². The molecule has 2 aromatic rings. The van der Waals surface area contributed by atoms with Crippen LogP contribution >= 0.6 is 0 Å². The van der Waals surface area contributed by atoms with Crippen LogP contribution in [0.5, 0.6) is 0 Å². The van der Waals surface area contributed by atoms with Gasteiger partial charge in [0.25, 0.3) is 0 Å². The molecule has 6 heteroatoms. The Morgan fingerprint density at radius 2 is 1.39 bits per heavy atom. The molecule has 1 aromatic heterocycles. The summed E-state index contributed by atoms with van der Waals surface area (Å²) in [4.78, 5) is 5.39. The van der Waals surface area contributed by atoms with Gasteiger partial charge in [-0.05, 0) is 48.6 Å². The molecule has 3 aliphatic rings. The topological polar surface area (TPSA) is 50.1 Å². The van der Waals surface area contributed by atoms with Crippen LogP contribution in [0.3, 0.4) is 0 Å². The van der Waals surface area contributed by atoms with Gasteiger partial charge in [-0.2, -0.15) is 0 Å². The smallest absolute Gasteiger partial charge is 0.173 e. The zero-order valence-electron chi connectivity index (χ0n) is 19.1. The Balaban J connectivity index is 1.39. The fourth-order valence-electron chi connectivity index (χ4n) is 6.05. The molecule has 168 valence electrons. The quantitative estimate of drug-likeness (QED) is 0.709. The minimum Gasteiger partial charge on any atom is -0.298 e. The lowest BCUT2D eigenvalue weighted by molar-refractivity contribution is 0.0612. The summed E-state index contributed by atoms with van der Waals surface area (Å²) in [6, 6.07) is 10.4. The largest absolute Gasteiger partial charge is 0.298 e. The van der Waals surface area contributed by atoms with Gasteiger partial charge >= 0.3 is 0 Å². The van der Waals surface area contributed by atoms with E-state index >= 15 is 0 Å². The van der Waals surface area contributed by atoms with E-state index in [0.717, 1.165) is 38.0 Å². The van der Waals surface area contributed by atoms with Crippen LogP contribution in [-0.4, -0.2) is 62.2 Å². The van der Waals surface area contributed by atoms with Gasteiger partial charge in [-0.15, -0.1) is 5.10 Å². The molecule has 1 atom stereocenters. The average Bonchev–Trinajstić information content (AvgIpc) is 3.31. The normalized spacial score (nSPS) is 23.8. The highest BCUT2D eigenvalue weighted by atomic mass is 15.6. The van der Waals surface area contributed by atoms with Crippen molar-refractivity contribution in [1.29, 1.82) is 0 Å². The van der Waals surface area contributed by atoms with Crippen LogP contribution < -0.4 is 0 Å². The highest BCUT2D eigenvalue weighted by molar-refractivity contribution is 5.28. The van der Waals surface area contributed by atoms with Crippen LogP contribution in [0, 0.1) is 6.92 Å². The molecule has 1 saturated heterocycles. The molecule has 0 spiro atoms. The number of aryl methyl sites for hydroxylation is 1. The summed E-state index contributed by atoms with van der Waals surface area (Å²) >= 11 is 0. The van der Waals surface area contributed by atoms with Gasteiger partial charge in [0.05, 0.1) is 12.1 Å². The van der Waals surface area contributed by atoms with Crippen LogP contribution in [0.2, 0.25) is 0 Å². The molecule has 0 bridgehead atoms. The number of benzene rings is 1. The molecule has 0 amide bonds. The van der Waals surface area contributed by atoms with Crippen molar-refractivity contribution < 1.29 is 0 Å². The predicted octanol–water partition coefficient (Wildman–Crippen LogP) is 4.53. The van der Waals surface area contributed by atoms with Crippen LogP contribution in [0.4, 0.5) is 0 Å². The zero-order valence-corrected chi connectivity index (χ0v) is 19.1. The van der Waals surface area contributed by atoms with E-state index in [4.69, 9.17) is 0 Å². The highest BCUT2D eigenvalue weighted by Gasteiger charge is 2.34. The monoisotopic (exact) mass is 422 g/mol. The van der Waals surface area contributed by atoms with Crippen molar-refractivity contribution in [1.82, 2.24) is 30.0 Å². The van der Waals surface area contributed by atoms with Crippen molar-refractivity contribution in [3.8, 4) is 0 Å². The van der Waals surface area contributed by atoms with Crippen molar-refractivity contribution in [2.75, 3.05) is 26.2 Å². The zero-order chi connectivity index (χ0) is 21.0. The lowest BCUT2D eigenvalue weighted by Gasteiger charge is -2.43. The Morgan fingerprint density at radius 3 is 2.03 bits per heavy atom. The van der Waals surface area contributed by atoms with E-state index in [0.29, 0.717) is 6.04 Å². The van der Waals surface area contributed by atoms with Gasteiger partial charge in [0, 0.05) is 32.2 Å². The fourth-order valence-corrected chi connectivity index (χ4v) is 6.05. The standard InChI is InChI=1S/C25H38N6/c1-20-12-14-21(15-13-20)24(25-26-27-28-31(25)23-10-6-3-7-11-23)30-18-16-29(17-19-30)22-8-4-2-5-9-22/h12-15,22-24H,2-11,16-19H2,1H3/t24-/m1/s1. The number of hydrogen-bond donors (Lipinski definition) is 0. The second-order valence-electron chi connectivity index (χ2n) is 9.95. The first-order valence-corrected chi connectivity index (χ1v) is 12.6. The maximum absolute atomic E-state index is 4.62. The first-order valence-electron chi connectivity index (χ1n) is 12.6. The summed E-state index contributed by atoms with van der Waals surface area (Å²) in [7, 11) is 0. The van der Waals surface area contributed by atoms with E-state index in [1.165, 1.54) is 75.3 Å². The first kappa shape index (κ1) is 21.1. The molecular formula is C25H38N6. The van der Waals surface area contributed by atoms with Crippen LogP contribution in [0.25, 0.3) is 0 Å². The number of aromatic nitrogens is 4. The van der Waals surface area contributed by atoms with E-state index in [-0.39, 0.29) is 6.04 Å². The molecule has 0 radical (unpaired) electrons. The lowest BCUT2D eigenvalue weighted by Crippen LogP contribution is -2.52. The Kier molecular flexibility index (Phi) is 6.65. The second kappa shape index (κ2) is 9.78. The third-order valence-corrected chi connectivity index (χ3v) is 7.88. The summed E-state index contributed by atoms with van der Waals surface area (Å²) < 4.78 is 2.18. The van der Waals surface area contributed by atoms with Crippen molar-refractivity contribution in [2.24, 2.45) is 0 Å². The summed E-state index contributed by atoms with van der Waals surface area (Å²) in [6.07, 6.45) is 13.4. The number of piperazine rings is 1. The molecule has 2 heterocycles. The predicted molar refractivity (Wildman–Crippen MR) is 123 cm³/mol. The molecule has 6 nitrogen and oxygen atoms in total. The van der Waals surface area contributed by atoms with Crippen molar-refractivity contribution >= 4 is 0 Å². The third-order valence-electron chi connectivity index (χ3n) is 7.88. The highest BCUT2D eigenvalue weighted by Crippen LogP contribution is 2.34. The van der Waals surface area contributed by atoms with Crippen LogP contribution in [-0.2, 0) is 0 Å². The lowest BCUT2D eigenvalue weighted by atomic mass is 9.93. The van der Waals surface area contributed by atoms with Crippen molar-refractivity contribution in [2.45, 2.75) is 89.3 Å². The molecule has 1 aromatic carbocycles. The van der Waals surface area contributed by atoms with Gasteiger partial charge in [-0.1, -0.05) is 68.4 Å². The minimum absolute atomic E-state index is 0.144. The van der Waals surface area contributed by atoms with Gasteiger partial charge in [0.1, 0.15) is 0 Å². The molecule has 1 aliphatic heterocycles. The molecular weight excluding hydrogens is 384 g/mol. The van der Waals surface area contributed by atoms with Gasteiger partial charge < -0.3 is 0 Å². The molecule has 2 aliphatic carbocycles. The Labute approximate surface area is 187 Å². The van der Waals surface area contributed by atoms with E-state index in [9.17, 15) is 0 Å². The summed E-state index contributed by atoms with van der Waals surface area (Å²) in [5.74, 6) is 1.04. The second-order valence-corrected chi connectivity index (χ2v) is 9.95. The van der Waals surface area contributed by atoms with Gasteiger partial charge in [0.2, 0.25) is 0 Å². The van der Waals surface area contributed by atoms with Crippen molar-refractivity contribution in [3.63, 3.8) is 0 Å². The molecule has 3 fully saturated rings. The van der Waals surface area contributed by atoms with E-state index in [1.54, 1.807) is 0 Å². The van der Waals surface area contributed by atoms with Gasteiger partial charge in [0.15, 0.2) is 5.82 Å². The molecule has 2 saturated carbocycles. The summed E-state index contributed by atoms with van der Waals surface area (Å²) in [5.41, 5.74) is 2.63. The first-order chi connectivity index (χ1) is 15.3. The average molecular weight is 423 g/mol. The third kappa shape index (κ3) is 4.70. The Morgan fingerprint density at radius 1 is 0.774 bits per heavy atom. The number of rotatable bonds is 5. The molecule has 5 rings (SSSR count). The Bertz CT molecular complexity index is 811. The minimum atomic E-state index is 0.144. The maximum Gasteiger partial charge on any atom is 0.173 e. The molecule has 0 unspecified atom stereocenters. The molecule has 0 N–H and O–H groups in total. The van der Waals surface area contributed by atoms with Crippen LogP contribution in [0.1, 0.15) is 93.2 Å². The van der Waals surface area contributed by atoms with E-state index < -0.39 is 0 Å². The SMILES string of the molecule is Cc1ccc([C@H](c2nnnn2C2CCCCC2)N2CCN(C3CCCCC3)CC2)cc1. The van der Waals surface area contributed by atoms with Gasteiger partial charge in [-0.3, -0.25) is 9.80 Å². The number of tetrazole rings is 1. The van der Waals surface area contributed by atoms with E-state index in [2.05, 4.69) is 61.2 Å². The number of nitrogens with zero attached hydrogens (tertiary/aromatic N) is 6. The van der Waals surface area contributed by atoms with Crippen LogP contribution in [0.15, 0.2) is 24.3 Å². The molecule has 31 heavy (non-hydrogen) atoms.